The minimum absolute atomic E-state index is 0.0468. The van der Waals surface area contributed by atoms with Crippen molar-refractivity contribution in [2.45, 2.75) is 31.4 Å². The van der Waals surface area contributed by atoms with Crippen LogP contribution in [0.2, 0.25) is 0 Å². The van der Waals surface area contributed by atoms with Crippen molar-refractivity contribution >= 4 is 5.91 Å². The number of β-amino-alcohol motifs (C(OH)–C–C–N with tert-alkyl or cyclic N) is 1. The van der Waals surface area contributed by atoms with E-state index in [2.05, 4.69) is 0 Å². The molecular weight excluding hydrogens is 280 g/mol. The van der Waals surface area contributed by atoms with Gasteiger partial charge in [-0.3, -0.25) is 4.79 Å². The molecule has 2 rings (SSSR count). The molecule has 0 spiro atoms. The molecule has 1 aromatic rings. The Labute approximate surface area is 132 Å². The van der Waals surface area contributed by atoms with Crippen LogP contribution in [0.4, 0.5) is 0 Å². The zero-order valence-electron chi connectivity index (χ0n) is 13.7. The Morgan fingerprint density at radius 3 is 2.55 bits per heavy atom. The Morgan fingerprint density at radius 2 is 2.00 bits per heavy atom. The Hall–Kier alpha value is -1.59. The summed E-state index contributed by atoms with van der Waals surface area (Å²) in [6, 6.07) is 7.99. The van der Waals surface area contributed by atoms with Gasteiger partial charge in [0.25, 0.3) is 0 Å². The summed E-state index contributed by atoms with van der Waals surface area (Å²) in [4.78, 5) is 16.0. The van der Waals surface area contributed by atoms with Crippen LogP contribution in [0.3, 0.4) is 0 Å². The highest BCUT2D eigenvalue weighted by molar-refractivity contribution is 5.76. The van der Waals surface area contributed by atoms with Crippen LogP contribution in [-0.4, -0.2) is 67.3 Å². The van der Waals surface area contributed by atoms with E-state index in [0.717, 1.165) is 18.6 Å². The number of ether oxygens (including phenoxy) is 1. The highest BCUT2D eigenvalue weighted by Gasteiger charge is 2.34. The van der Waals surface area contributed by atoms with Crippen LogP contribution in [0.1, 0.15) is 18.4 Å². The van der Waals surface area contributed by atoms with Crippen LogP contribution in [0, 0.1) is 0 Å². The molecule has 5 heteroatoms. The molecule has 1 fully saturated rings. The van der Waals surface area contributed by atoms with Gasteiger partial charge in [-0.1, -0.05) is 12.1 Å². The molecule has 0 radical (unpaired) electrons. The van der Waals surface area contributed by atoms with E-state index < -0.39 is 6.10 Å². The Bertz CT molecular complexity index is 487. The molecule has 2 atom stereocenters. The number of carbonyl (C=O) groups is 1. The predicted octanol–water partition coefficient (Wildman–Crippen LogP) is 1.15. The van der Waals surface area contributed by atoms with Crippen molar-refractivity contribution in [3.05, 3.63) is 29.8 Å². The van der Waals surface area contributed by atoms with Gasteiger partial charge in [0.05, 0.1) is 19.3 Å². The summed E-state index contributed by atoms with van der Waals surface area (Å²) < 4.78 is 5.13. The third-order valence-electron chi connectivity index (χ3n) is 4.29. The number of nitrogens with zero attached hydrogens (tertiary/aromatic N) is 2. The molecule has 122 valence electrons. The second-order valence-corrected chi connectivity index (χ2v) is 6.10. The fraction of sp³-hybridized carbons (Fsp3) is 0.588. The minimum atomic E-state index is -0.444. The molecule has 1 saturated heterocycles. The molecule has 0 bridgehead atoms. The van der Waals surface area contributed by atoms with Crippen molar-refractivity contribution < 1.29 is 14.6 Å². The summed E-state index contributed by atoms with van der Waals surface area (Å²) in [6.07, 6.45) is 1.78. The molecule has 1 aliphatic rings. The SMILES string of the molecule is COc1ccc(CCCC(=O)N2C[C@H](O)[C@@H](N(C)C)C2)cc1. The molecule has 1 aliphatic heterocycles. The van der Waals surface area contributed by atoms with Gasteiger partial charge in [0.1, 0.15) is 5.75 Å². The quantitative estimate of drug-likeness (QED) is 0.857. The molecule has 1 aromatic carbocycles. The molecule has 1 heterocycles. The second kappa shape index (κ2) is 7.61. The van der Waals surface area contributed by atoms with Gasteiger partial charge < -0.3 is 19.6 Å². The molecule has 22 heavy (non-hydrogen) atoms. The largest absolute Gasteiger partial charge is 0.497 e. The van der Waals surface area contributed by atoms with Crippen molar-refractivity contribution in [1.82, 2.24) is 9.80 Å². The van der Waals surface area contributed by atoms with Crippen molar-refractivity contribution in [2.24, 2.45) is 0 Å². The average molecular weight is 306 g/mol. The molecular formula is C17H26N2O3. The molecule has 0 aromatic heterocycles. The number of aliphatic hydroxyl groups excluding tert-OH is 1. The normalized spacial score (nSPS) is 21.4. The van der Waals surface area contributed by atoms with Crippen molar-refractivity contribution in [3.8, 4) is 5.75 Å². The smallest absolute Gasteiger partial charge is 0.222 e. The Kier molecular flexibility index (Phi) is 5.80. The van der Waals surface area contributed by atoms with Crippen LogP contribution in [0.5, 0.6) is 5.75 Å². The number of aryl methyl sites for hydroxylation is 1. The summed E-state index contributed by atoms with van der Waals surface area (Å²) in [7, 11) is 5.52. The highest BCUT2D eigenvalue weighted by atomic mass is 16.5. The third-order valence-corrected chi connectivity index (χ3v) is 4.29. The molecule has 1 amide bonds. The summed E-state index contributed by atoms with van der Waals surface area (Å²) in [5.41, 5.74) is 1.21. The van der Waals surface area contributed by atoms with Crippen molar-refractivity contribution in [1.29, 1.82) is 0 Å². The summed E-state index contributed by atoms with van der Waals surface area (Å²) in [6.45, 7) is 1.07. The van der Waals surface area contributed by atoms with Crippen molar-refractivity contribution in [3.63, 3.8) is 0 Å². The van der Waals surface area contributed by atoms with Crippen LogP contribution < -0.4 is 4.74 Å². The maximum Gasteiger partial charge on any atom is 0.222 e. The maximum absolute atomic E-state index is 12.2. The number of methoxy groups -OCH3 is 1. The number of likely N-dealkylation sites (N-methyl/N-ethyl adjacent to an activating group) is 1. The number of hydrogen-bond donors (Lipinski definition) is 1. The molecule has 5 nitrogen and oxygen atoms in total. The maximum atomic E-state index is 12.2. The van der Waals surface area contributed by atoms with Crippen molar-refractivity contribution in [2.75, 3.05) is 34.3 Å². The fourth-order valence-corrected chi connectivity index (χ4v) is 2.87. The molecule has 0 aliphatic carbocycles. The van der Waals surface area contributed by atoms with Gasteiger partial charge in [0, 0.05) is 19.5 Å². The number of benzene rings is 1. The first-order chi connectivity index (χ1) is 10.5. The van der Waals surface area contributed by atoms with Gasteiger partial charge in [-0.05, 0) is 44.6 Å². The summed E-state index contributed by atoms with van der Waals surface area (Å²) >= 11 is 0. The number of carbonyl (C=O) groups excluding carboxylic acids is 1. The lowest BCUT2D eigenvalue weighted by molar-refractivity contribution is -0.130. The second-order valence-electron chi connectivity index (χ2n) is 6.10. The monoisotopic (exact) mass is 306 g/mol. The van der Waals surface area contributed by atoms with Gasteiger partial charge >= 0.3 is 0 Å². The lowest BCUT2D eigenvalue weighted by Gasteiger charge is -2.21. The zero-order chi connectivity index (χ0) is 16.1. The average Bonchev–Trinajstić information content (AvgIpc) is 2.90. The topological polar surface area (TPSA) is 53.0 Å². The van der Waals surface area contributed by atoms with E-state index in [0.29, 0.717) is 19.5 Å². The zero-order valence-corrected chi connectivity index (χ0v) is 13.7. The molecule has 0 unspecified atom stereocenters. The first-order valence-corrected chi connectivity index (χ1v) is 7.76. The summed E-state index contributed by atoms with van der Waals surface area (Å²) in [5, 5.41) is 9.98. The summed E-state index contributed by atoms with van der Waals surface area (Å²) in [5.74, 6) is 0.984. The Morgan fingerprint density at radius 1 is 1.32 bits per heavy atom. The van der Waals surface area contributed by atoms with E-state index in [-0.39, 0.29) is 11.9 Å². The van der Waals surface area contributed by atoms with Crippen LogP contribution in [0.25, 0.3) is 0 Å². The van der Waals surface area contributed by atoms with Gasteiger partial charge in [-0.25, -0.2) is 0 Å². The van der Waals surface area contributed by atoms with Crippen LogP contribution >= 0.6 is 0 Å². The number of likely N-dealkylation sites (tertiary alicyclic amines) is 1. The number of hydrogen-bond acceptors (Lipinski definition) is 4. The number of rotatable bonds is 6. The Balaban J connectivity index is 1.76. The number of amides is 1. The van der Waals surface area contributed by atoms with E-state index in [1.807, 2.05) is 43.3 Å². The van der Waals surface area contributed by atoms with Gasteiger partial charge in [0.15, 0.2) is 0 Å². The first kappa shape index (κ1) is 16.8. The van der Waals surface area contributed by atoms with E-state index in [9.17, 15) is 9.90 Å². The lowest BCUT2D eigenvalue weighted by atomic mass is 10.1. The van der Waals surface area contributed by atoms with E-state index >= 15 is 0 Å². The minimum Gasteiger partial charge on any atom is -0.497 e. The lowest BCUT2D eigenvalue weighted by Crippen LogP contribution is -2.38. The highest BCUT2D eigenvalue weighted by Crippen LogP contribution is 2.17. The van der Waals surface area contributed by atoms with Crippen LogP contribution in [-0.2, 0) is 11.2 Å². The first-order valence-electron chi connectivity index (χ1n) is 7.76. The van der Waals surface area contributed by atoms with Gasteiger partial charge in [0.2, 0.25) is 5.91 Å². The molecule has 1 N–H and O–H groups in total. The predicted molar refractivity (Wildman–Crippen MR) is 86.0 cm³/mol. The van der Waals surface area contributed by atoms with Gasteiger partial charge in [-0.15, -0.1) is 0 Å². The van der Waals surface area contributed by atoms with E-state index in [1.165, 1.54) is 5.56 Å². The fourth-order valence-electron chi connectivity index (χ4n) is 2.87. The van der Waals surface area contributed by atoms with Crippen LogP contribution in [0.15, 0.2) is 24.3 Å². The van der Waals surface area contributed by atoms with E-state index in [4.69, 9.17) is 4.74 Å². The standard InChI is InChI=1S/C17H26N2O3/c1-18(2)15-11-19(12-16(15)20)17(21)6-4-5-13-7-9-14(22-3)10-8-13/h7-10,15-16,20H,4-6,11-12H2,1-3H3/t15-,16-/m0/s1. The third kappa shape index (κ3) is 4.21. The van der Waals surface area contributed by atoms with E-state index in [1.54, 1.807) is 12.0 Å². The van der Waals surface area contributed by atoms with Gasteiger partial charge in [-0.2, -0.15) is 0 Å². The number of aliphatic hydroxyl groups is 1. The molecule has 0 saturated carbocycles.